The lowest BCUT2D eigenvalue weighted by Gasteiger charge is -2.38. The molecular weight excluding hydrogens is 580 g/mol. The average Bonchev–Trinajstić information content (AvgIpc) is 2.58. The molecule has 36 heavy (non-hydrogen) atoms. The molecule has 1 aromatic rings. The van der Waals surface area contributed by atoms with Gasteiger partial charge in [-0.25, -0.2) is 4.39 Å². The molecule has 1 aromatic carbocycles. The lowest BCUT2D eigenvalue weighted by molar-refractivity contribution is -0.334. The fraction of sp³-hybridized carbons (Fsp3) is 0.467. The molecule has 0 saturated carbocycles. The Morgan fingerprint density at radius 1 is 0.694 bits per heavy atom. The summed E-state index contributed by atoms with van der Waals surface area (Å²) in [5.41, 5.74) is -18.0. The van der Waals surface area contributed by atoms with Gasteiger partial charge in [-0.15, -0.1) is 0 Å². The van der Waals surface area contributed by atoms with Gasteiger partial charge >= 0.3 is 36.6 Å². The Kier molecular flexibility index (Phi) is 8.01. The molecule has 0 aromatic heterocycles. The van der Waals surface area contributed by atoms with Gasteiger partial charge in [-0.1, -0.05) is 0 Å². The molecule has 1 atom stereocenters. The van der Waals surface area contributed by atoms with Crippen molar-refractivity contribution in [2.75, 3.05) is 0 Å². The van der Waals surface area contributed by atoms with E-state index in [0.717, 1.165) is 0 Å². The summed E-state index contributed by atoms with van der Waals surface area (Å²) in [6.45, 7) is 0. The van der Waals surface area contributed by atoms with Crippen LogP contribution >= 0.6 is 0 Å². The molecule has 0 aliphatic carbocycles. The number of rotatable bonds is 5. The van der Waals surface area contributed by atoms with E-state index >= 15 is 0 Å². The van der Waals surface area contributed by atoms with E-state index in [1.807, 2.05) is 0 Å². The van der Waals surface area contributed by atoms with Crippen LogP contribution in [0.1, 0.15) is 0 Å². The van der Waals surface area contributed by atoms with Gasteiger partial charge in [0.25, 0.3) is 10.1 Å². The van der Waals surface area contributed by atoms with Gasteiger partial charge < -0.3 is 4.74 Å². The number of benzene rings is 1. The van der Waals surface area contributed by atoms with Crippen LogP contribution in [0, 0.1) is 0 Å². The van der Waals surface area contributed by atoms with Gasteiger partial charge in [0.15, 0.2) is 0 Å². The molecule has 1 rings (SSSR count). The summed E-state index contributed by atoms with van der Waals surface area (Å²) >= 11 is 0. The highest BCUT2D eigenvalue weighted by molar-refractivity contribution is 7.85. The molecule has 21 heteroatoms. The third-order valence-corrected chi connectivity index (χ3v) is 4.79. The summed E-state index contributed by atoms with van der Waals surface area (Å²) < 4.78 is 246. The Morgan fingerprint density at radius 3 is 1.31 bits per heavy atom. The van der Waals surface area contributed by atoms with E-state index in [1.54, 1.807) is 0 Å². The molecule has 0 amide bonds. The Hall–Kier alpha value is -2.45. The molecule has 208 valence electrons. The highest BCUT2D eigenvalue weighted by Gasteiger charge is 2.80. The maximum atomic E-state index is 14.5. The van der Waals surface area contributed by atoms with Gasteiger partial charge in [0.05, 0.1) is 10.5 Å². The first-order valence-electron chi connectivity index (χ1n) is 8.08. The molecule has 0 aliphatic rings. The van der Waals surface area contributed by atoms with Crippen molar-refractivity contribution in [2.24, 2.45) is 0 Å². The highest BCUT2D eigenvalue weighted by atomic mass is 32.2. The Labute approximate surface area is 187 Å². The van der Waals surface area contributed by atoms with Crippen molar-refractivity contribution in [3.63, 3.8) is 0 Å². The van der Waals surface area contributed by atoms with Crippen LogP contribution in [0.4, 0.5) is 70.2 Å². The zero-order valence-electron chi connectivity index (χ0n) is 16.0. The molecule has 0 spiro atoms. The van der Waals surface area contributed by atoms with Crippen LogP contribution < -0.4 is 4.74 Å². The van der Waals surface area contributed by atoms with Crippen molar-refractivity contribution in [1.29, 1.82) is 0 Å². The van der Waals surface area contributed by atoms with E-state index in [9.17, 15) is 78.7 Å². The molecule has 1 unspecified atom stereocenters. The fourth-order valence-corrected chi connectivity index (χ4v) is 3.01. The van der Waals surface area contributed by atoms with E-state index in [-0.39, 0.29) is 24.3 Å². The highest BCUT2D eigenvalue weighted by Crippen LogP contribution is 2.57. The molecule has 0 bridgehead atoms. The van der Waals surface area contributed by atoms with Gasteiger partial charge in [-0.05, 0) is 24.3 Å². The molecule has 4 nitrogen and oxygen atoms in total. The van der Waals surface area contributed by atoms with Crippen LogP contribution in [-0.2, 0) is 10.1 Å². The number of halogens is 16. The van der Waals surface area contributed by atoms with Crippen molar-refractivity contribution in [1.82, 2.24) is 0 Å². The molecule has 0 fully saturated rings. The Balaban J connectivity index is 4.24. The maximum absolute atomic E-state index is 14.5. The van der Waals surface area contributed by atoms with E-state index in [2.05, 4.69) is 4.74 Å². The molecular formula is C15H6F16O4S. The van der Waals surface area contributed by atoms with Crippen LogP contribution in [0.15, 0.2) is 40.3 Å². The SMILES string of the molecule is O=S(=O)(O)c1ccc(OC(C(=C(C(F)(F)F)C(F)(F)F)C(F)(C(F)(F)F)C(F)(F)F)C(F)(F)F)cc1. The second-order valence-corrected chi connectivity index (χ2v) is 7.85. The minimum Gasteiger partial charge on any atom is -0.476 e. The fourth-order valence-electron chi connectivity index (χ4n) is 2.53. The lowest BCUT2D eigenvalue weighted by atomic mass is 9.84. The van der Waals surface area contributed by atoms with Crippen molar-refractivity contribution in [3.8, 4) is 5.75 Å². The Bertz CT molecular complexity index is 1040. The standard InChI is InChI=1S/C15H6F16O4S/c16-10(14(26,27)28,15(29,30)31)7(8(11(17,18)19)12(20,21)22)9(13(23,24)25)35-5-1-3-6(4-2-5)36(32,33)34/h1-4,9H,(H,32,33,34). The molecule has 0 aliphatic heterocycles. The third-order valence-electron chi connectivity index (χ3n) is 3.92. The second-order valence-electron chi connectivity index (χ2n) is 6.42. The van der Waals surface area contributed by atoms with Crippen LogP contribution in [0.25, 0.3) is 0 Å². The average molecular weight is 586 g/mol. The molecule has 1 N–H and O–H groups in total. The Morgan fingerprint density at radius 2 is 1.06 bits per heavy atom. The van der Waals surface area contributed by atoms with Crippen molar-refractivity contribution in [2.45, 2.75) is 47.5 Å². The number of ether oxygens (including phenoxy) is 1. The van der Waals surface area contributed by atoms with Crippen LogP contribution in [0.3, 0.4) is 0 Å². The van der Waals surface area contributed by atoms with E-state index in [1.165, 1.54) is 0 Å². The number of alkyl halides is 16. The first-order valence-corrected chi connectivity index (χ1v) is 9.52. The van der Waals surface area contributed by atoms with Gasteiger partial charge in [0.1, 0.15) is 11.3 Å². The van der Waals surface area contributed by atoms with Gasteiger partial charge in [0.2, 0.25) is 6.10 Å². The minimum absolute atomic E-state index is 0.0477. The summed E-state index contributed by atoms with van der Waals surface area (Å²) in [5, 5.41) is 0. The van der Waals surface area contributed by atoms with Gasteiger partial charge in [-0.2, -0.15) is 74.3 Å². The van der Waals surface area contributed by atoms with E-state index in [4.69, 9.17) is 4.55 Å². The number of hydrogen-bond acceptors (Lipinski definition) is 3. The van der Waals surface area contributed by atoms with Crippen LogP contribution in [-0.4, -0.2) is 55.6 Å². The van der Waals surface area contributed by atoms with Crippen LogP contribution in [0.5, 0.6) is 5.75 Å². The first kappa shape index (κ1) is 31.6. The smallest absolute Gasteiger partial charge is 0.435 e. The third kappa shape index (κ3) is 6.45. The number of hydrogen-bond donors (Lipinski definition) is 1. The van der Waals surface area contributed by atoms with Crippen molar-refractivity contribution in [3.05, 3.63) is 35.4 Å². The van der Waals surface area contributed by atoms with Crippen molar-refractivity contribution >= 4 is 10.1 Å². The first-order chi connectivity index (χ1) is 15.6. The largest absolute Gasteiger partial charge is 0.476 e. The summed E-state index contributed by atoms with van der Waals surface area (Å²) in [7, 11) is -5.15. The van der Waals surface area contributed by atoms with Crippen LogP contribution in [0.2, 0.25) is 0 Å². The molecule has 0 heterocycles. The predicted molar refractivity (Wildman–Crippen MR) is 81.8 cm³/mol. The monoisotopic (exact) mass is 586 g/mol. The molecule has 0 radical (unpaired) electrons. The molecule has 0 saturated heterocycles. The summed E-state index contributed by atoms with van der Waals surface area (Å²) in [6.07, 6.45) is -43.3. The normalized spacial score (nSPS) is 15.5. The quantitative estimate of drug-likeness (QED) is 0.243. The topological polar surface area (TPSA) is 63.6 Å². The lowest BCUT2D eigenvalue weighted by Crippen LogP contribution is -2.61. The van der Waals surface area contributed by atoms with Gasteiger partial charge in [-0.3, -0.25) is 4.55 Å². The maximum Gasteiger partial charge on any atom is 0.435 e. The summed E-state index contributed by atoms with van der Waals surface area (Å²) in [4.78, 5) is -1.22. The zero-order valence-corrected chi connectivity index (χ0v) is 16.8. The van der Waals surface area contributed by atoms with E-state index < -0.39 is 74.6 Å². The zero-order chi connectivity index (χ0) is 28.9. The summed E-state index contributed by atoms with van der Waals surface area (Å²) in [6, 6.07) is -0.124. The predicted octanol–water partition coefficient (Wildman–Crippen LogP) is 6.50. The second kappa shape index (κ2) is 9.14. The summed E-state index contributed by atoms with van der Waals surface area (Å²) in [5.74, 6) is -1.78. The number of allylic oxidation sites excluding steroid dienone is 1. The minimum atomic E-state index is -7.92. The van der Waals surface area contributed by atoms with E-state index in [0.29, 0.717) is 0 Å². The van der Waals surface area contributed by atoms with Crippen molar-refractivity contribution < 1.29 is 88.0 Å². The van der Waals surface area contributed by atoms with Gasteiger partial charge in [0, 0.05) is 0 Å².